The number of phenols is 1. The van der Waals surface area contributed by atoms with Gasteiger partial charge in [-0.1, -0.05) is 36.4 Å². The average molecular weight is 316 g/mol. The molecule has 0 radical (unpaired) electrons. The third-order valence-electron chi connectivity index (χ3n) is 3.47. The van der Waals surface area contributed by atoms with E-state index < -0.39 is 0 Å². The molecule has 0 spiro atoms. The molecule has 3 aromatic rings. The molecule has 3 rings (SSSR count). The maximum Gasteiger partial charge on any atom is 0.196 e. The molecule has 4 heteroatoms. The number of phenolic OH excluding ortho intramolecular Hbond substituents is 1. The zero-order chi connectivity index (χ0) is 16.8. The van der Waals surface area contributed by atoms with Crippen LogP contribution < -0.4 is 5.32 Å². The van der Waals surface area contributed by atoms with Crippen LogP contribution >= 0.6 is 0 Å². The summed E-state index contributed by atoms with van der Waals surface area (Å²) in [6, 6.07) is 21.2. The van der Waals surface area contributed by atoms with Crippen molar-refractivity contribution in [3.05, 3.63) is 96.5 Å². The number of allylic oxidation sites excluding steroid dienone is 1. The van der Waals surface area contributed by atoms with Crippen molar-refractivity contribution in [3.63, 3.8) is 0 Å². The number of ketones is 1. The van der Waals surface area contributed by atoms with E-state index >= 15 is 0 Å². The number of aromatic nitrogens is 1. The first-order chi connectivity index (χ1) is 11.7. The van der Waals surface area contributed by atoms with Crippen molar-refractivity contribution in [1.82, 2.24) is 4.98 Å². The molecule has 0 aliphatic heterocycles. The number of nitrogens with one attached hydrogen (secondary N) is 1. The fourth-order valence-electron chi connectivity index (χ4n) is 2.24. The molecule has 0 aliphatic rings. The lowest BCUT2D eigenvalue weighted by molar-refractivity contribution is 0.105. The fraction of sp³-hybridized carbons (Fsp3) is 0. The Hall–Kier alpha value is -3.40. The van der Waals surface area contributed by atoms with E-state index in [0.29, 0.717) is 16.8 Å². The molecule has 2 aromatic carbocycles. The Morgan fingerprint density at radius 1 is 0.917 bits per heavy atom. The van der Waals surface area contributed by atoms with Crippen LogP contribution in [0.25, 0.3) is 5.57 Å². The molecule has 4 nitrogen and oxygen atoms in total. The van der Waals surface area contributed by atoms with Gasteiger partial charge in [-0.05, 0) is 36.4 Å². The van der Waals surface area contributed by atoms with Gasteiger partial charge < -0.3 is 10.4 Å². The Bertz CT molecular complexity index is 842. The van der Waals surface area contributed by atoms with Crippen molar-refractivity contribution in [3.8, 4) is 5.75 Å². The average Bonchev–Trinajstić information content (AvgIpc) is 2.65. The lowest BCUT2D eigenvalue weighted by atomic mass is 10.0. The van der Waals surface area contributed by atoms with Gasteiger partial charge in [-0.2, -0.15) is 0 Å². The first-order valence-corrected chi connectivity index (χ1v) is 7.51. The van der Waals surface area contributed by atoms with E-state index in [1.54, 1.807) is 54.9 Å². The van der Waals surface area contributed by atoms with E-state index in [0.717, 1.165) is 5.69 Å². The topological polar surface area (TPSA) is 62.2 Å². The standard InChI is InChI=1S/C20H16N2O2/c23-17-11-9-16(10-12-17)22-14-18(19-8-4-5-13-21-19)20(24)15-6-2-1-3-7-15/h1-14,22-23H/b18-14-. The van der Waals surface area contributed by atoms with Gasteiger partial charge in [0.05, 0.1) is 11.3 Å². The summed E-state index contributed by atoms with van der Waals surface area (Å²) in [6.45, 7) is 0. The highest BCUT2D eigenvalue weighted by atomic mass is 16.3. The van der Waals surface area contributed by atoms with Crippen molar-refractivity contribution < 1.29 is 9.90 Å². The predicted octanol–water partition coefficient (Wildman–Crippen LogP) is 4.12. The smallest absolute Gasteiger partial charge is 0.196 e. The van der Waals surface area contributed by atoms with Crippen molar-refractivity contribution in [1.29, 1.82) is 0 Å². The second-order valence-corrected chi connectivity index (χ2v) is 5.16. The summed E-state index contributed by atoms with van der Waals surface area (Å²) >= 11 is 0. The first-order valence-electron chi connectivity index (χ1n) is 7.51. The molecule has 0 fully saturated rings. The molecule has 1 aromatic heterocycles. The number of anilines is 1. The minimum absolute atomic E-state index is 0.111. The summed E-state index contributed by atoms with van der Waals surface area (Å²) in [7, 11) is 0. The monoisotopic (exact) mass is 316 g/mol. The second-order valence-electron chi connectivity index (χ2n) is 5.16. The lowest BCUT2D eigenvalue weighted by Crippen LogP contribution is -2.06. The number of nitrogens with zero attached hydrogens (tertiary/aromatic N) is 1. The van der Waals surface area contributed by atoms with Crippen LogP contribution in [-0.2, 0) is 0 Å². The Morgan fingerprint density at radius 3 is 2.29 bits per heavy atom. The quantitative estimate of drug-likeness (QED) is 0.422. The third-order valence-corrected chi connectivity index (χ3v) is 3.47. The Balaban J connectivity index is 1.94. The van der Waals surface area contributed by atoms with Crippen LogP contribution in [0.15, 0.2) is 85.2 Å². The number of carbonyl (C=O) groups is 1. The molecule has 118 valence electrons. The van der Waals surface area contributed by atoms with Gasteiger partial charge in [0.15, 0.2) is 5.78 Å². The molecule has 0 atom stereocenters. The number of hydrogen-bond acceptors (Lipinski definition) is 4. The molecule has 0 bridgehead atoms. The lowest BCUT2D eigenvalue weighted by Gasteiger charge is -2.08. The van der Waals surface area contributed by atoms with Crippen LogP contribution in [0.5, 0.6) is 5.75 Å². The van der Waals surface area contributed by atoms with Crippen LogP contribution in [0.2, 0.25) is 0 Å². The number of hydrogen-bond donors (Lipinski definition) is 2. The fourth-order valence-corrected chi connectivity index (χ4v) is 2.24. The third kappa shape index (κ3) is 3.67. The number of carbonyl (C=O) groups excluding carboxylic acids is 1. The molecule has 0 unspecified atom stereocenters. The zero-order valence-electron chi connectivity index (χ0n) is 12.9. The largest absolute Gasteiger partial charge is 0.508 e. The van der Waals surface area contributed by atoms with Crippen LogP contribution in [0.3, 0.4) is 0 Å². The van der Waals surface area contributed by atoms with Crippen molar-refractivity contribution in [2.24, 2.45) is 0 Å². The van der Waals surface area contributed by atoms with Gasteiger partial charge in [0, 0.05) is 23.6 Å². The minimum Gasteiger partial charge on any atom is -0.508 e. The molecular formula is C20H16N2O2. The maximum absolute atomic E-state index is 12.8. The van der Waals surface area contributed by atoms with Gasteiger partial charge in [0.2, 0.25) is 0 Å². The normalized spacial score (nSPS) is 11.1. The summed E-state index contributed by atoms with van der Waals surface area (Å²) in [5.74, 6) is 0.0791. The number of aromatic hydroxyl groups is 1. The molecule has 0 aliphatic carbocycles. The Morgan fingerprint density at radius 2 is 1.62 bits per heavy atom. The summed E-state index contributed by atoms with van der Waals surface area (Å²) in [5.41, 5.74) is 2.43. The summed E-state index contributed by atoms with van der Waals surface area (Å²) in [5, 5.41) is 12.4. The van der Waals surface area contributed by atoms with Crippen LogP contribution in [0.1, 0.15) is 16.1 Å². The van der Waals surface area contributed by atoms with E-state index in [-0.39, 0.29) is 11.5 Å². The van der Waals surface area contributed by atoms with Gasteiger partial charge in [-0.15, -0.1) is 0 Å². The summed E-state index contributed by atoms with van der Waals surface area (Å²) in [4.78, 5) is 17.1. The Labute approximate surface area is 140 Å². The van der Waals surface area contributed by atoms with E-state index in [9.17, 15) is 9.90 Å². The highest BCUT2D eigenvalue weighted by Gasteiger charge is 2.15. The molecule has 24 heavy (non-hydrogen) atoms. The number of benzene rings is 2. The summed E-state index contributed by atoms with van der Waals surface area (Å²) < 4.78 is 0. The van der Waals surface area contributed by atoms with Gasteiger partial charge in [0.25, 0.3) is 0 Å². The van der Waals surface area contributed by atoms with E-state index in [4.69, 9.17) is 0 Å². The highest BCUT2D eigenvalue weighted by Crippen LogP contribution is 2.20. The zero-order valence-corrected chi connectivity index (χ0v) is 12.9. The second kappa shape index (κ2) is 7.24. The Kier molecular flexibility index (Phi) is 4.68. The molecular weight excluding hydrogens is 300 g/mol. The van der Waals surface area contributed by atoms with Gasteiger partial charge >= 0.3 is 0 Å². The molecule has 0 saturated carbocycles. The van der Waals surface area contributed by atoms with Crippen LogP contribution in [0, 0.1) is 0 Å². The van der Waals surface area contributed by atoms with Gasteiger partial charge in [-0.3, -0.25) is 9.78 Å². The number of pyridine rings is 1. The number of rotatable bonds is 5. The van der Waals surface area contributed by atoms with E-state index in [1.807, 2.05) is 30.3 Å². The first kappa shape index (κ1) is 15.5. The molecule has 1 heterocycles. The van der Waals surface area contributed by atoms with Crippen molar-refractivity contribution in [2.45, 2.75) is 0 Å². The van der Waals surface area contributed by atoms with E-state index in [2.05, 4.69) is 10.3 Å². The molecule has 0 saturated heterocycles. The molecule has 2 N–H and O–H groups in total. The van der Waals surface area contributed by atoms with Crippen molar-refractivity contribution >= 4 is 17.0 Å². The SMILES string of the molecule is O=C(/C(=C\Nc1ccc(O)cc1)c1ccccn1)c1ccccc1. The van der Waals surface area contributed by atoms with Gasteiger partial charge in [-0.25, -0.2) is 0 Å². The van der Waals surface area contributed by atoms with Crippen molar-refractivity contribution in [2.75, 3.05) is 5.32 Å². The van der Waals surface area contributed by atoms with Crippen LogP contribution in [0.4, 0.5) is 5.69 Å². The highest BCUT2D eigenvalue weighted by molar-refractivity contribution is 6.28. The predicted molar refractivity (Wildman–Crippen MR) is 94.7 cm³/mol. The van der Waals surface area contributed by atoms with Gasteiger partial charge in [0.1, 0.15) is 5.75 Å². The maximum atomic E-state index is 12.8. The molecule has 0 amide bonds. The van der Waals surface area contributed by atoms with Crippen LogP contribution in [-0.4, -0.2) is 15.9 Å². The van der Waals surface area contributed by atoms with E-state index in [1.165, 1.54) is 0 Å². The summed E-state index contributed by atoms with van der Waals surface area (Å²) in [6.07, 6.45) is 3.30. The minimum atomic E-state index is -0.111. The number of Topliss-reactive ketones (excluding diaryl/α,β-unsaturated/α-hetero) is 1.